The molecule has 1 rings (SSSR count). The van der Waals surface area contributed by atoms with Crippen molar-refractivity contribution >= 4 is 5.84 Å². The molecule has 1 aliphatic heterocycles. The number of nitrogens with one attached hydrogen (secondary N) is 3. The summed E-state index contributed by atoms with van der Waals surface area (Å²) in [7, 11) is 0. The Kier molecular flexibility index (Phi) is 14.9. The molecule has 0 aromatic carbocycles. The Morgan fingerprint density at radius 1 is 1.26 bits per heavy atom. The predicted octanol–water partition coefficient (Wildman–Crippen LogP) is 0.544. The second kappa shape index (κ2) is 16.4. The van der Waals surface area contributed by atoms with Crippen molar-refractivity contribution in [1.82, 2.24) is 10.6 Å². The number of amidine groups is 1. The lowest BCUT2D eigenvalue weighted by Crippen LogP contribution is -2.56. The number of hydrogen-bond donors (Lipinski definition) is 7. The average molecular weight is 504 g/mol. The summed E-state index contributed by atoms with van der Waals surface area (Å²) < 4.78 is 31.2. The van der Waals surface area contributed by atoms with Crippen molar-refractivity contribution in [3.63, 3.8) is 0 Å². The van der Waals surface area contributed by atoms with Gasteiger partial charge in [0.05, 0.1) is 36.3 Å². The molecule has 11 N–H and O–H groups in total. The fourth-order valence-electron chi connectivity index (χ4n) is 4.03. The second-order valence-corrected chi connectivity index (χ2v) is 9.77. The van der Waals surface area contributed by atoms with Gasteiger partial charge in [0.1, 0.15) is 6.67 Å². The maximum atomic E-state index is 12.5. The quantitative estimate of drug-likeness (QED) is 0.0899. The fourth-order valence-corrected chi connectivity index (χ4v) is 4.03. The van der Waals surface area contributed by atoms with Gasteiger partial charge in [-0.05, 0) is 39.7 Å². The molecule has 1 fully saturated rings. The molecule has 0 bridgehead atoms. The lowest BCUT2D eigenvalue weighted by atomic mass is 9.92. The van der Waals surface area contributed by atoms with Gasteiger partial charge in [-0.15, -0.1) is 0 Å². The van der Waals surface area contributed by atoms with Crippen LogP contribution in [-0.4, -0.2) is 81.5 Å². The second-order valence-electron chi connectivity index (χ2n) is 9.77. The SMILES string of the molecule is C/C(N)=C/C(C)OC(C)C(C)C(OC1OC(CNCCF)CCC1N)C(N)CNC(=N)C(C)CN. The van der Waals surface area contributed by atoms with Crippen molar-refractivity contribution in [3.8, 4) is 0 Å². The van der Waals surface area contributed by atoms with Crippen LogP contribution in [0.15, 0.2) is 11.8 Å². The van der Waals surface area contributed by atoms with Crippen LogP contribution in [0.4, 0.5) is 4.39 Å². The highest BCUT2D eigenvalue weighted by molar-refractivity contribution is 5.81. The van der Waals surface area contributed by atoms with Crippen LogP contribution in [0.2, 0.25) is 0 Å². The Bertz CT molecular complexity index is 638. The Morgan fingerprint density at radius 3 is 2.54 bits per heavy atom. The van der Waals surface area contributed by atoms with Crippen LogP contribution < -0.4 is 33.6 Å². The molecule has 0 spiro atoms. The van der Waals surface area contributed by atoms with Crippen LogP contribution in [0.5, 0.6) is 0 Å². The van der Waals surface area contributed by atoms with Crippen LogP contribution in [0.25, 0.3) is 0 Å². The lowest BCUT2D eigenvalue weighted by Gasteiger charge is -2.41. The zero-order chi connectivity index (χ0) is 26.5. The Balaban J connectivity index is 2.95. The molecule has 1 heterocycles. The first-order chi connectivity index (χ1) is 16.5. The molecule has 10 nitrogen and oxygen atoms in total. The van der Waals surface area contributed by atoms with E-state index in [1.165, 1.54) is 0 Å². The Morgan fingerprint density at radius 2 is 1.94 bits per heavy atom. The molecule has 0 aromatic heterocycles. The topological polar surface area (TPSA) is 180 Å². The minimum Gasteiger partial charge on any atom is -0.402 e. The van der Waals surface area contributed by atoms with E-state index in [4.69, 9.17) is 42.6 Å². The molecule has 11 heteroatoms. The number of rotatable bonds is 16. The minimum atomic E-state index is -0.655. The normalized spacial score (nSPS) is 26.4. The van der Waals surface area contributed by atoms with Crippen molar-refractivity contribution < 1.29 is 18.6 Å². The zero-order valence-corrected chi connectivity index (χ0v) is 22.1. The van der Waals surface area contributed by atoms with E-state index < -0.39 is 25.1 Å². The zero-order valence-electron chi connectivity index (χ0n) is 22.1. The molecular formula is C24H50FN7O3. The molecule has 9 unspecified atom stereocenters. The van der Waals surface area contributed by atoms with E-state index in [2.05, 4.69) is 10.6 Å². The van der Waals surface area contributed by atoms with E-state index in [1.54, 1.807) is 0 Å². The van der Waals surface area contributed by atoms with Crippen LogP contribution in [0.3, 0.4) is 0 Å². The van der Waals surface area contributed by atoms with Crippen LogP contribution in [0.1, 0.15) is 47.5 Å². The smallest absolute Gasteiger partial charge is 0.173 e. The maximum Gasteiger partial charge on any atom is 0.173 e. The van der Waals surface area contributed by atoms with E-state index in [1.807, 2.05) is 40.7 Å². The van der Waals surface area contributed by atoms with Gasteiger partial charge >= 0.3 is 0 Å². The third-order valence-corrected chi connectivity index (χ3v) is 6.41. The van der Waals surface area contributed by atoms with E-state index in [0.717, 1.165) is 12.8 Å². The molecule has 0 aromatic rings. The standard InChI is InChI=1S/C24H50FN7O3/c1-14(11-26)23(30)32-13-21(29)22(17(4)18(5)33-16(3)10-15(2)27)35-24-20(28)7-6-19(34-24)12-31-9-8-25/h10,14,16-22,24,31H,6-9,11-13,26-29H2,1-5H3,(H2,30,32)/b15-10-. The summed E-state index contributed by atoms with van der Waals surface area (Å²) in [5.41, 5.74) is 25.1. The van der Waals surface area contributed by atoms with Crippen LogP contribution in [0, 0.1) is 17.2 Å². The molecule has 0 amide bonds. The molecular weight excluding hydrogens is 453 g/mol. The number of nitrogens with two attached hydrogens (primary N) is 4. The summed E-state index contributed by atoms with van der Waals surface area (Å²) in [4.78, 5) is 0. The average Bonchev–Trinajstić information content (AvgIpc) is 2.80. The lowest BCUT2D eigenvalue weighted by molar-refractivity contribution is -0.238. The third kappa shape index (κ3) is 11.5. The Hall–Kier alpha value is -1.34. The van der Waals surface area contributed by atoms with E-state index in [-0.39, 0.29) is 42.7 Å². The third-order valence-electron chi connectivity index (χ3n) is 6.41. The summed E-state index contributed by atoms with van der Waals surface area (Å²) in [5, 5.41) is 14.3. The summed E-state index contributed by atoms with van der Waals surface area (Å²) in [5.74, 6) is 0.115. The summed E-state index contributed by atoms with van der Waals surface area (Å²) in [6.07, 6.45) is 1.71. The van der Waals surface area contributed by atoms with Crippen LogP contribution >= 0.6 is 0 Å². The molecule has 0 saturated carbocycles. The molecule has 9 atom stereocenters. The van der Waals surface area contributed by atoms with Crippen molar-refractivity contribution in [3.05, 3.63) is 11.8 Å². The number of ether oxygens (including phenoxy) is 3. The maximum absolute atomic E-state index is 12.5. The molecule has 1 saturated heterocycles. The van der Waals surface area contributed by atoms with Gasteiger partial charge in [-0.2, -0.15) is 0 Å². The largest absolute Gasteiger partial charge is 0.402 e. The predicted molar refractivity (Wildman–Crippen MR) is 139 cm³/mol. The van der Waals surface area contributed by atoms with Crippen molar-refractivity contribution in [2.24, 2.45) is 34.8 Å². The first kappa shape index (κ1) is 31.7. The van der Waals surface area contributed by atoms with Gasteiger partial charge in [-0.3, -0.25) is 5.41 Å². The monoisotopic (exact) mass is 503 g/mol. The Labute approximate surface area is 210 Å². The van der Waals surface area contributed by atoms with Gasteiger partial charge in [0.2, 0.25) is 0 Å². The number of halogens is 1. The molecule has 1 aliphatic rings. The van der Waals surface area contributed by atoms with Crippen LogP contribution in [-0.2, 0) is 14.2 Å². The van der Waals surface area contributed by atoms with Crippen molar-refractivity contribution in [2.45, 2.75) is 90.2 Å². The van der Waals surface area contributed by atoms with Crippen molar-refractivity contribution in [2.75, 3.05) is 32.9 Å². The van der Waals surface area contributed by atoms with Gasteiger partial charge in [0, 0.05) is 49.8 Å². The minimum absolute atomic E-state index is 0.0962. The summed E-state index contributed by atoms with van der Waals surface area (Å²) >= 11 is 0. The molecule has 0 radical (unpaired) electrons. The van der Waals surface area contributed by atoms with Crippen molar-refractivity contribution in [1.29, 1.82) is 5.41 Å². The molecule has 206 valence electrons. The highest BCUT2D eigenvalue weighted by atomic mass is 19.1. The van der Waals surface area contributed by atoms with E-state index in [9.17, 15) is 4.39 Å². The number of allylic oxidation sites excluding steroid dienone is 1. The first-order valence-corrected chi connectivity index (χ1v) is 12.7. The first-order valence-electron chi connectivity index (χ1n) is 12.7. The fraction of sp³-hybridized carbons (Fsp3) is 0.875. The van der Waals surface area contributed by atoms with Gasteiger partial charge in [-0.25, -0.2) is 4.39 Å². The van der Waals surface area contributed by atoms with Gasteiger partial charge in [0.15, 0.2) is 6.29 Å². The number of alkyl halides is 1. The molecule has 0 aliphatic carbocycles. The number of hydrogen-bond acceptors (Lipinski definition) is 9. The van der Waals surface area contributed by atoms with Gasteiger partial charge < -0.3 is 47.8 Å². The highest BCUT2D eigenvalue weighted by Gasteiger charge is 2.37. The summed E-state index contributed by atoms with van der Waals surface area (Å²) in [6.45, 7) is 10.7. The molecule has 35 heavy (non-hydrogen) atoms. The summed E-state index contributed by atoms with van der Waals surface area (Å²) in [6, 6.07) is -0.778. The van der Waals surface area contributed by atoms with E-state index >= 15 is 0 Å². The van der Waals surface area contributed by atoms with Gasteiger partial charge in [0.25, 0.3) is 0 Å². The highest BCUT2D eigenvalue weighted by Crippen LogP contribution is 2.26. The van der Waals surface area contributed by atoms with E-state index in [0.29, 0.717) is 31.2 Å². The van der Waals surface area contributed by atoms with Gasteiger partial charge in [-0.1, -0.05) is 13.8 Å².